The first-order valence-corrected chi connectivity index (χ1v) is 7.23. The van der Waals surface area contributed by atoms with Gasteiger partial charge in [-0.15, -0.1) is 0 Å². The summed E-state index contributed by atoms with van der Waals surface area (Å²) in [6, 6.07) is 11.0. The van der Waals surface area contributed by atoms with Gasteiger partial charge in [0.15, 0.2) is 0 Å². The van der Waals surface area contributed by atoms with E-state index < -0.39 is 0 Å². The fraction of sp³-hybridized carbons (Fsp3) is 0.118. The third-order valence-electron chi connectivity index (χ3n) is 3.23. The van der Waals surface area contributed by atoms with Crippen molar-refractivity contribution in [3.63, 3.8) is 0 Å². The number of carbonyl (C=O) groups is 1. The molecular weight excluding hydrogens is 290 g/mol. The van der Waals surface area contributed by atoms with Gasteiger partial charge in [-0.3, -0.25) is 9.78 Å². The molecule has 114 valence electrons. The van der Waals surface area contributed by atoms with Gasteiger partial charge >= 0.3 is 0 Å². The standard InChI is InChI=1S/C17H15N5O/c23-17(21-9-7-14-4-1-2-8-20-14)16-6-3-5-15(22-16)13-10-18-12-19-11-13/h1-6,8,10-12H,7,9H2,(H,21,23). The summed E-state index contributed by atoms with van der Waals surface area (Å²) in [5, 5.41) is 2.85. The van der Waals surface area contributed by atoms with Gasteiger partial charge in [-0.05, 0) is 24.3 Å². The van der Waals surface area contributed by atoms with E-state index >= 15 is 0 Å². The Balaban J connectivity index is 1.64. The Morgan fingerprint density at radius 3 is 2.70 bits per heavy atom. The zero-order valence-electron chi connectivity index (χ0n) is 12.4. The third kappa shape index (κ3) is 3.94. The largest absolute Gasteiger partial charge is 0.350 e. The number of pyridine rings is 2. The minimum Gasteiger partial charge on any atom is -0.350 e. The molecule has 6 heteroatoms. The van der Waals surface area contributed by atoms with Crippen molar-refractivity contribution in [3.8, 4) is 11.3 Å². The van der Waals surface area contributed by atoms with Gasteiger partial charge in [0.2, 0.25) is 0 Å². The lowest BCUT2D eigenvalue weighted by Crippen LogP contribution is -2.26. The number of hydrogen-bond acceptors (Lipinski definition) is 5. The molecule has 0 aliphatic rings. The molecule has 0 saturated heterocycles. The topological polar surface area (TPSA) is 80.7 Å². The van der Waals surface area contributed by atoms with Crippen LogP contribution in [-0.2, 0) is 6.42 Å². The molecule has 3 heterocycles. The van der Waals surface area contributed by atoms with E-state index in [2.05, 4.69) is 25.3 Å². The Bertz CT molecular complexity index is 777. The van der Waals surface area contributed by atoms with Gasteiger partial charge in [-0.25, -0.2) is 15.0 Å². The van der Waals surface area contributed by atoms with Crippen molar-refractivity contribution in [3.05, 3.63) is 72.7 Å². The highest BCUT2D eigenvalue weighted by Gasteiger charge is 2.08. The van der Waals surface area contributed by atoms with Crippen LogP contribution in [0.4, 0.5) is 0 Å². The van der Waals surface area contributed by atoms with Gasteiger partial charge in [-0.1, -0.05) is 12.1 Å². The number of carbonyl (C=O) groups excluding carboxylic acids is 1. The average Bonchev–Trinajstić information content (AvgIpc) is 2.63. The molecule has 23 heavy (non-hydrogen) atoms. The lowest BCUT2D eigenvalue weighted by atomic mass is 10.2. The fourth-order valence-corrected chi connectivity index (χ4v) is 2.09. The highest BCUT2D eigenvalue weighted by Crippen LogP contribution is 2.14. The maximum absolute atomic E-state index is 12.2. The predicted molar refractivity (Wildman–Crippen MR) is 85.5 cm³/mol. The molecule has 0 saturated carbocycles. The van der Waals surface area contributed by atoms with Crippen molar-refractivity contribution >= 4 is 5.91 Å². The van der Waals surface area contributed by atoms with Gasteiger partial charge in [0.25, 0.3) is 5.91 Å². The van der Waals surface area contributed by atoms with Crippen LogP contribution in [0.5, 0.6) is 0 Å². The van der Waals surface area contributed by atoms with Crippen LogP contribution in [0.3, 0.4) is 0 Å². The number of nitrogens with zero attached hydrogens (tertiary/aromatic N) is 4. The van der Waals surface area contributed by atoms with Crippen LogP contribution in [0.1, 0.15) is 16.2 Å². The van der Waals surface area contributed by atoms with E-state index in [9.17, 15) is 4.79 Å². The van der Waals surface area contributed by atoms with Crippen LogP contribution in [0.2, 0.25) is 0 Å². The molecule has 0 fully saturated rings. The second-order valence-corrected chi connectivity index (χ2v) is 4.86. The Labute approximate surface area is 133 Å². The van der Waals surface area contributed by atoms with Gasteiger partial charge in [-0.2, -0.15) is 0 Å². The van der Waals surface area contributed by atoms with Crippen molar-refractivity contribution in [1.29, 1.82) is 0 Å². The molecule has 1 amide bonds. The normalized spacial score (nSPS) is 10.3. The number of hydrogen-bond donors (Lipinski definition) is 1. The van der Waals surface area contributed by atoms with Crippen molar-refractivity contribution in [2.75, 3.05) is 6.54 Å². The van der Waals surface area contributed by atoms with Crippen molar-refractivity contribution < 1.29 is 4.79 Å². The molecule has 0 aliphatic carbocycles. The highest BCUT2D eigenvalue weighted by molar-refractivity contribution is 5.92. The van der Waals surface area contributed by atoms with E-state index in [1.807, 2.05) is 24.3 Å². The van der Waals surface area contributed by atoms with Crippen LogP contribution < -0.4 is 5.32 Å². The molecule has 3 rings (SSSR count). The smallest absolute Gasteiger partial charge is 0.269 e. The van der Waals surface area contributed by atoms with Crippen molar-refractivity contribution in [2.24, 2.45) is 0 Å². The number of aromatic nitrogens is 4. The minimum absolute atomic E-state index is 0.209. The van der Waals surface area contributed by atoms with Gasteiger partial charge in [0, 0.05) is 42.8 Å². The average molecular weight is 305 g/mol. The molecule has 0 radical (unpaired) electrons. The Kier molecular flexibility index (Phi) is 4.63. The molecule has 0 atom stereocenters. The van der Waals surface area contributed by atoms with E-state index in [1.165, 1.54) is 6.33 Å². The Hall–Kier alpha value is -3.15. The second-order valence-electron chi connectivity index (χ2n) is 4.86. The molecule has 0 aliphatic heterocycles. The summed E-state index contributed by atoms with van der Waals surface area (Å²) in [6.07, 6.45) is 7.21. The van der Waals surface area contributed by atoms with E-state index in [4.69, 9.17) is 0 Å². The molecule has 1 N–H and O–H groups in total. The zero-order chi connectivity index (χ0) is 15.9. The van der Waals surface area contributed by atoms with Crippen LogP contribution in [0, 0.1) is 0 Å². The van der Waals surface area contributed by atoms with Crippen LogP contribution in [0.15, 0.2) is 61.3 Å². The lowest BCUT2D eigenvalue weighted by Gasteiger charge is -2.06. The fourth-order valence-electron chi connectivity index (χ4n) is 2.09. The Morgan fingerprint density at radius 2 is 1.91 bits per heavy atom. The zero-order valence-corrected chi connectivity index (χ0v) is 12.4. The summed E-state index contributed by atoms with van der Waals surface area (Å²) < 4.78 is 0. The molecule has 0 unspecified atom stereocenters. The van der Waals surface area contributed by atoms with E-state index in [0.717, 1.165) is 11.3 Å². The second kappa shape index (κ2) is 7.22. The lowest BCUT2D eigenvalue weighted by molar-refractivity contribution is 0.0949. The van der Waals surface area contributed by atoms with Gasteiger partial charge in [0.1, 0.15) is 12.0 Å². The molecule has 6 nitrogen and oxygen atoms in total. The van der Waals surface area contributed by atoms with Crippen LogP contribution in [-0.4, -0.2) is 32.4 Å². The molecule has 3 aromatic heterocycles. The molecule has 3 aromatic rings. The first kappa shape index (κ1) is 14.8. The van der Waals surface area contributed by atoms with E-state index in [1.54, 1.807) is 30.7 Å². The Morgan fingerprint density at radius 1 is 1.04 bits per heavy atom. The predicted octanol–water partition coefficient (Wildman–Crippen LogP) is 1.91. The number of nitrogens with one attached hydrogen (secondary N) is 1. The summed E-state index contributed by atoms with van der Waals surface area (Å²) >= 11 is 0. The van der Waals surface area contributed by atoms with Crippen LogP contribution >= 0.6 is 0 Å². The third-order valence-corrected chi connectivity index (χ3v) is 3.23. The molecule has 0 spiro atoms. The first-order chi connectivity index (χ1) is 11.3. The maximum atomic E-state index is 12.2. The maximum Gasteiger partial charge on any atom is 0.269 e. The monoisotopic (exact) mass is 305 g/mol. The first-order valence-electron chi connectivity index (χ1n) is 7.23. The number of rotatable bonds is 5. The van der Waals surface area contributed by atoms with Crippen molar-refractivity contribution in [1.82, 2.24) is 25.3 Å². The van der Waals surface area contributed by atoms with E-state index in [0.29, 0.717) is 24.4 Å². The van der Waals surface area contributed by atoms with E-state index in [-0.39, 0.29) is 5.91 Å². The SMILES string of the molecule is O=C(NCCc1ccccn1)c1cccc(-c2cncnc2)n1. The quantitative estimate of drug-likeness (QED) is 0.778. The summed E-state index contributed by atoms with van der Waals surface area (Å²) in [4.78, 5) is 28.7. The minimum atomic E-state index is -0.209. The summed E-state index contributed by atoms with van der Waals surface area (Å²) in [7, 11) is 0. The van der Waals surface area contributed by atoms with Gasteiger partial charge < -0.3 is 5.32 Å². The summed E-state index contributed by atoms with van der Waals surface area (Å²) in [5.74, 6) is -0.209. The molecule has 0 bridgehead atoms. The summed E-state index contributed by atoms with van der Waals surface area (Å²) in [6.45, 7) is 0.510. The van der Waals surface area contributed by atoms with Gasteiger partial charge in [0.05, 0.1) is 5.69 Å². The summed E-state index contributed by atoms with van der Waals surface area (Å²) in [5.41, 5.74) is 2.75. The molecule has 0 aromatic carbocycles. The number of amides is 1. The molecular formula is C17H15N5O. The van der Waals surface area contributed by atoms with Crippen molar-refractivity contribution in [2.45, 2.75) is 6.42 Å². The highest BCUT2D eigenvalue weighted by atomic mass is 16.1. The van der Waals surface area contributed by atoms with Crippen LogP contribution in [0.25, 0.3) is 11.3 Å².